The summed E-state index contributed by atoms with van der Waals surface area (Å²) in [7, 11) is 1.84. The summed E-state index contributed by atoms with van der Waals surface area (Å²) in [6.07, 6.45) is 0.920. The Balaban J connectivity index is 1.87. The molecule has 3 rings (SSSR count). The highest BCUT2D eigenvalue weighted by Gasteiger charge is 2.12. The van der Waals surface area contributed by atoms with Gasteiger partial charge in [-0.1, -0.05) is 43.3 Å². The number of aryl methyl sites for hydroxylation is 2. The maximum Gasteiger partial charge on any atom is 0.122 e. The molecule has 4 nitrogen and oxygen atoms in total. The van der Waals surface area contributed by atoms with Gasteiger partial charge in [0.1, 0.15) is 12.4 Å². The van der Waals surface area contributed by atoms with Gasteiger partial charge in [0.2, 0.25) is 0 Å². The third-order valence-electron chi connectivity index (χ3n) is 4.91. The summed E-state index contributed by atoms with van der Waals surface area (Å²) >= 11 is 0. The van der Waals surface area contributed by atoms with E-state index < -0.39 is 0 Å². The highest BCUT2D eigenvalue weighted by atomic mass is 16.5. The van der Waals surface area contributed by atoms with E-state index in [1.165, 1.54) is 5.56 Å². The van der Waals surface area contributed by atoms with Gasteiger partial charge in [-0.25, -0.2) is 5.84 Å². The molecule has 0 aliphatic rings. The first kappa shape index (κ1) is 19.5. The molecular weight excluding hydrogens is 346 g/mol. The lowest BCUT2D eigenvalue weighted by Gasteiger charge is -2.20. The van der Waals surface area contributed by atoms with Crippen LogP contribution in [-0.4, -0.2) is 7.05 Å². The van der Waals surface area contributed by atoms with Crippen molar-refractivity contribution in [3.63, 3.8) is 0 Å². The summed E-state index contributed by atoms with van der Waals surface area (Å²) in [6.45, 7) is 4.61. The summed E-state index contributed by atoms with van der Waals surface area (Å²) in [6, 6.07) is 22.1. The highest BCUT2D eigenvalue weighted by molar-refractivity contribution is 5.71. The molecule has 0 bridgehead atoms. The van der Waals surface area contributed by atoms with Crippen LogP contribution < -0.4 is 15.6 Å². The molecule has 0 amide bonds. The normalized spacial score (nSPS) is 10.4. The molecule has 0 radical (unpaired) electrons. The summed E-state index contributed by atoms with van der Waals surface area (Å²) in [5.74, 6) is 6.83. The fourth-order valence-electron chi connectivity index (χ4n) is 3.41. The van der Waals surface area contributed by atoms with E-state index in [-0.39, 0.29) is 0 Å². The second-order valence-corrected chi connectivity index (χ2v) is 6.81. The fraction of sp³-hybridized carbons (Fsp3) is 0.208. The molecule has 0 unspecified atom stereocenters. The molecule has 4 heteroatoms. The Hall–Kier alpha value is -3.29. The zero-order chi connectivity index (χ0) is 20.1. The average molecular weight is 371 g/mol. The third kappa shape index (κ3) is 4.00. The topological polar surface area (TPSA) is 62.3 Å². The number of rotatable bonds is 6. The Labute approximate surface area is 166 Å². The number of hydrogen-bond donors (Lipinski definition) is 1. The molecule has 0 saturated heterocycles. The van der Waals surface area contributed by atoms with Crippen LogP contribution in [0.25, 0.3) is 11.1 Å². The first-order chi connectivity index (χ1) is 13.5. The third-order valence-corrected chi connectivity index (χ3v) is 4.91. The highest BCUT2D eigenvalue weighted by Crippen LogP contribution is 2.30. The molecule has 0 saturated carbocycles. The van der Waals surface area contributed by atoms with Crippen molar-refractivity contribution in [1.82, 2.24) is 0 Å². The largest absolute Gasteiger partial charge is 0.489 e. The van der Waals surface area contributed by atoms with Crippen LogP contribution in [0.3, 0.4) is 0 Å². The van der Waals surface area contributed by atoms with Crippen LogP contribution in [0.5, 0.6) is 5.75 Å². The van der Waals surface area contributed by atoms with Crippen LogP contribution in [0.4, 0.5) is 5.69 Å². The molecule has 28 heavy (non-hydrogen) atoms. The van der Waals surface area contributed by atoms with E-state index in [4.69, 9.17) is 10.6 Å². The summed E-state index contributed by atoms with van der Waals surface area (Å²) < 4.78 is 6.16. The SMILES string of the molecule is CCc1cccc(N(C)N)c1COc1ccc(-c2ccccc2C#N)cc1C. The van der Waals surface area contributed by atoms with Gasteiger partial charge < -0.3 is 9.75 Å². The van der Waals surface area contributed by atoms with E-state index in [0.717, 1.165) is 40.1 Å². The van der Waals surface area contributed by atoms with Crippen LogP contribution in [-0.2, 0) is 13.0 Å². The van der Waals surface area contributed by atoms with Crippen molar-refractivity contribution in [1.29, 1.82) is 5.26 Å². The molecule has 3 aromatic rings. The lowest BCUT2D eigenvalue weighted by Crippen LogP contribution is -2.27. The van der Waals surface area contributed by atoms with E-state index in [1.54, 1.807) is 5.01 Å². The predicted molar refractivity (Wildman–Crippen MR) is 114 cm³/mol. The Morgan fingerprint density at radius 2 is 1.86 bits per heavy atom. The summed E-state index contributed by atoms with van der Waals surface area (Å²) in [5, 5.41) is 11.0. The maximum atomic E-state index is 9.35. The predicted octanol–water partition coefficient (Wildman–Crippen LogP) is 4.99. The van der Waals surface area contributed by atoms with Gasteiger partial charge in [-0.15, -0.1) is 0 Å². The summed E-state index contributed by atoms with van der Waals surface area (Å²) in [4.78, 5) is 0. The van der Waals surface area contributed by atoms with Crippen LogP contribution in [0.1, 0.15) is 29.2 Å². The number of benzene rings is 3. The van der Waals surface area contributed by atoms with E-state index >= 15 is 0 Å². The molecular formula is C24H25N3O. The van der Waals surface area contributed by atoms with Gasteiger partial charge in [-0.2, -0.15) is 5.26 Å². The Bertz CT molecular complexity index is 1020. The lowest BCUT2D eigenvalue weighted by atomic mass is 9.98. The Morgan fingerprint density at radius 1 is 1.07 bits per heavy atom. The number of hydrogen-bond acceptors (Lipinski definition) is 4. The minimum absolute atomic E-state index is 0.454. The standard InChI is InChI=1S/C24H25N3O/c1-4-18-9-7-11-23(27(3)26)22(18)16-28-24-13-12-19(14-17(24)2)21-10-6-5-8-20(21)15-25/h5-14H,4,16,26H2,1-3H3. The Kier molecular flexibility index (Phi) is 5.98. The van der Waals surface area contributed by atoms with Crippen molar-refractivity contribution in [2.45, 2.75) is 26.9 Å². The van der Waals surface area contributed by atoms with Crippen molar-refractivity contribution >= 4 is 5.69 Å². The molecule has 0 aliphatic heterocycles. The zero-order valence-electron chi connectivity index (χ0n) is 16.6. The van der Waals surface area contributed by atoms with E-state index in [2.05, 4.69) is 25.1 Å². The molecule has 142 valence electrons. The zero-order valence-corrected chi connectivity index (χ0v) is 16.6. The number of nitrogens with two attached hydrogens (primary N) is 1. The Morgan fingerprint density at radius 3 is 2.54 bits per heavy atom. The van der Waals surface area contributed by atoms with Crippen LogP contribution in [0.15, 0.2) is 60.7 Å². The van der Waals surface area contributed by atoms with Gasteiger partial charge in [0.05, 0.1) is 17.3 Å². The summed E-state index contributed by atoms with van der Waals surface area (Å²) in [5.41, 5.74) is 6.95. The lowest BCUT2D eigenvalue weighted by molar-refractivity contribution is 0.303. The quantitative estimate of drug-likeness (QED) is 0.490. The second-order valence-electron chi connectivity index (χ2n) is 6.81. The average Bonchev–Trinajstić information content (AvgIpc) is 2.72. The molecule has 0 aromatic heterocycles. The van der Waals surface area contributed by atoms with Crippen LogP contribution >= 0.6 is 0 Å². The van der Waals surface area contributed by atoms with Gasteiger partial charge in [0.15, 0.2) is 0 Å². The van der Waals surface area contributed by atoms with Gasteiger partial charge >= 0.3 is 0 Å². The molecule has 0 fully saturated rings. The van der Waals surface area contributed by atoms with Crippen molar-refractivity contribution < 1.29 is 4.74 Å². The van der Waals surface area contributed by atoms with Gasteiger partial charge in [0, 0.05) is 12.6 Å². The monoisotopic (exact) mass is 371 g/mol. The van der Waals surface area contributed by atoms with Crippen molar-refractivity contribution in [3.05, 3.63) is 82.9 Å². The van der Waals surface area contributed by atoms with Gasteiger partial charge in [-0.05, 0) is 59.9 Å². The fourth-order valence-corrected chi connectivity index (χ4v) is 3.41. The molecule has 0 heterocycles. The van der Waals surface area contributed by atoms with Crippen molar-refractivity contribution in [2.75, 3.05) is 12.1 Å². The van der Waals surface area contributed by atoms with Crippen molar-refractivity contribution in [3.8, 4) is 22.9 Å². The molecule has 0 aliphatic carbocycles. The smallest absolute Gasteiger partial charge is 0.122 e. The van der Waals surface area contributed by atoms with Crippen LogP contribution in [0, 0.1) is 18.3 Å². The molecule has 0 spiro atoms. The molecule has 3 aromatic carbocycles. The number of hydrazine groups is 1. The first-order valence-corrected chi connectivity index (χ1v) is 9.37. The number of nitrogens with zero attached hydrogens (tertiary/aromatic N) is 2. The molecule has 2 N–H and O–H groups in total. The van der Waals surface area contributed by atoms with E-state index in [9.17, 15) is 5.26 Å². The van der Waals surface area contributed by atoms with E-state index in [1.807, 2.05) is 62.5 Å². The number of anilines is 1. The molecule has 0 atom stereocenters. The first-order valence-electron chi connectivity index (χ1n) is 9.37. The second kappa shape index (κ2) is 8.60. The van der Waals surface area contributed by atoms with Gasteiger partial charge in [0.25, 0.3) is 0 Å². The maximum absolute atomic E-state index is 9.35. The van der Waals surface area contributed by atoms with Crippen LogP contribution in [0.2, 0.25) is 0 Å². The minimum atomic E-state index is 0.454. The number of ether oxygens (including phenoxy) is 1. The van der Waals surface area contributed by atoms with Gasteiger partial charge in [-0.3, -0.25) is 0 Å². The van der Waals surface area contributed by atoms with Crippen molar-refractivity contribution in [2.24, 2.45) is 5.84 Å². The van der Waals surface area contributed by atoms with E-state index in [0.29, 0.717) is 12.2 Å². The minimum Gasteiger partial charge on any atom is -0.489 e. The number of nitriles is 1.